The predicted molar refractivity (Wildman–Crippen MR) is 107 cm³/mol. The number of likely N-dealkylation sites (N-methyl/N-ethyl adjacent to an activating group) is 1. The monoisotopic (exact) mass is 418 g/mol. The zero-order chi connectivity index (χ0) is 19.9. The molecule has 29 heavy (non-hydrogen) atoms. The van der Waals surface area contributed by atoms with Crippen LogP contribution < -0.4 is 18.1 Å². The van der Waals surface area contributed by atoms with Crippen LogP contribution in [0.1, 0.15) is 60.0 Å². The Balaban J connectivity index is 0.00000205. The molecule has 1 amide bonds. The lowest BCUT2D eigenvalue weighted by Gasteiger charge is -2.65. The molecular formula is C23H31ClN2O3. The number of carbonyl (C=O) groups is 1. The van der Waals surface area contributed by atoms with Gasteiger partial charge in [0.15, 0.2) is 0 Å². The summed E-state index contributed by atoms with van der Waals surface area (Å²) < 4.78 is 0.910. The van der Waals surface area contributed by atoms with E-state index in [1.54, 1.807) is 6.07 Å². The van der Waals surface area contributed by atoms with Crippen LogP contribution in [0.5, 0.6) is 5.75 Å². The second-order valence-electron chi connectivity index (χ2n) is 10.1. The Morgan fingerprint density at radius 2 is 2.07 bits per heavy atom. The van der Waals surface area contributed by atoms with E-state index in [0.29, 0.717) is 12.8 Å². The van der Waals surface area contributed by atoms with Crippen LogP contribution >= 0.6 is 0 Å². The van der Waals surface area contributed by atoms with Gasteiger partial charge in [-0.25, -0.2) is 0 Å². The highest BCUT2D eigenvalue weighted by Gasteiger charge is 2.69. The number of amides is 1. The average Bonchev–Trinajstić information content (AvgIpc) is 3.43. The summed E-state index contributed by atoms with van der Waals surface area (Å²) in [7, 11) is 2.32. The van der Waals surface area contributed by atoms with Gasteiger partial charge in [-0.05, 0) is 43.7 Å². The minimum absolute atomic E-state index is 0. The van der Waals surface area contributed by atoms with E-state index in [1.165, 1.54) is 12.8 Å². The summed E-state index contributed by atoms with van der Waals surface area (Å²) in [6, 6.07) is 3.71. The van der Waals surface area contributed by atoms with Gasteiger partial charge in [-0.15, -0.1) is 0 Å². The first-order valence-corrected chi connectivity index (χ1v) is 10.6. The minimum Gasteiger partial charge on any atom is -1.00 e. The van der Waals surface area contributed by atoms with Crippen molar-refractivity contribution in [3.8, 4) is 5.75 Å². The highest BCUT2D eigenvalue weighted by molar-refractivity contribution is 5.96. The molecule has 4 N–H and O–H groups in total. The number of benzene rings is 1. The van der Waals surface area contributed by atoms with E-state index in [2.05, 4.69) is 13.6 Å². The van der Waals surface area contributed by atoms with Crippen molar-refractivity contribution in [2.24, 2.45) is 11.7 Å². The van der Waals surface area contributed by atoms with Gasteiger partial charge in [-0.2, -0.15) is 0 Å². The number of piperidine rings is 1. The minimum atomic E-state index is -0.892. The third kappa shape index (κ3) is 2.70. The van der Waals surface area contributed by atoms with Crippen LogP contribution in [0, 0.1) is 5.92 Å². The molecule has 0 spiro atoms. The molecule has 1 saturated heterocycles. The molecule has 2 saturated carbocycles. The molecule has 4 aliphatic rings. The van der Waals surface area contributed by atoms with Crippen molar-refractivity contribution < 1.29 is 31.9 Å². The van der Waals surface area contributed by atoms with E-state index in [0.717, 1.165) is 59.5 Å². The fourth-order valence-electron chi connectivity index (χ4n) is 6.85. The number of carbonyl (C=O) groups excluding carboxylic acids is 1. The molecule has 3 aliphatic carbocycles. The van der Waals surface area contributed by atoms with Crippen molar-refractivity contribution in [1.29, 1.82) is 0 Å². The lowest BCUT2D eigenvalue weighted by molar-refractivity contribution is -0.950. The van der Waals surface area contributed by atoms with Gasteiger partial charge in [0.05, 0.1) is 25.7 Å². The van der Waals surface area contributed by atoms with E-state index >= 15 is 0 Å². The smallest absolute Gasteiger partial charge is 0.252 e. The molecule has 0 radical (unpaired) electrons. The number of phenols is 1. The van der Waals surface area contributed by atoms with Gasteiger partial charge in [0, 0.05) is 29.7 Å². The fraction of sp³-hybridized carbons (Fsp3) is 0.609. The Labute approximate surface area is 178 Å². The van der Waals surface area contributed by atoms with Gasteiger partial charge in [0.1, 0.15) is 17.4 Å². The number of aromatic hydroxyl groups is 1. The van der Waals surface area contributed by atoms with Crippen LogP contribution in [0.3, 0.4) is 0 Å². The summed E-state index contributed by atoms with van der Waals surface area (Å²) in [5.41, 5.74) is 7.17. The number of hydrogen-bond acceptors (Lipinski definition) is 3. The van der Waals surface area contributed by atoms with Gasteiger partial charge in [-0.1, -0.05) is 18.2 Å². The zero-order valence-electron chi connectivity index (χ0n) is 17.1. The van der Waals surface area contributed by atoms with Crippen LogP contribution in [0.15, 0.2) is 24.3 Å². The highest BCUT2D eigenvalue weighted by Crippen LogP contribution is 2.62. The van der Waals surface area contributed by atoms with Crippen LogP contribution in [0.25, 0.3) is 0 Å². The largest absolute Gasteiger partial charge is 1.00 e. The molecule has 158 valence electrons. The van der Waals surface area contributed by atoms with E-state index in [4.69, 9.17) is 5.73 Å². The van der Waals surface area contributed by atoms with Crippen molar-refractivity contribution in [3.63, 3.8) is 0 Å². The predicted octanol–water partition coefficient (Wildman–Crippen LogP) is -0.611. The van der Waals surface area contributed by atoms with Gasteiger partial charge in [0.25, 0.3) is 5.91 Å². The molecule has 3 fully saturated rings. The number of hydrogen-bond donors (Lipinski definition) is 3. The third-order valence-electron chi connectivity index (χ3n) is 8.39. The SMILES string of the molecule is C=C1CC[C@@]2(O)C3Cc4ccc(C(N)=O)c(O)c4C2(CC[N@@+]3(C)CC2CC2)C1.[Cl-]. The van der Waals surface area contributed by atoms with Crippen LogP contribution in [0.4, 0.5) is 0 Å². The number of primary amides is 1. The topological polar surface area (TPSA) is 83.5 Å². The zero-order valence-corrected chi connectivity index (χ0v) is 17.8. The van der Waals surface area contributed by atoms with Crippen LogP contribution in [-0.2, 0) is 11.8 Å². The quantitative estimate of drug-likeness (QED) is 0.452. The van der Waals surface area contributed by atoms with Crippen molar-refractivity contribution in [2.45, 2.75) is 62.0 Å². The number of rotatable bonds is 3. The average molecular weight is 419 g/mol. The molecule has 2 unspecified atom stereocenters. The number of quaternary nitrogens is 1. The molecular weight excluding hydrogens is 388 g/mol. The van der Waals surface area contributed by atoms with Crippen molar-refractivity contribution in [3.05, 3.63) is 41.0 Å². The summed E-state index contributed by atoms with van der Waals surface area (Å²) in [6.45, 7) is 6.36. The maximum absolute atomic E-state index is 12.3. The molecule has 6 heteroatoms. The summed E-state index contributed by atoms with van der Waals surface area (Å²) >= 11 is 0. The van der Waals surface area contributed by atoms with Crippen molar-refractivity contribution in [1.82, 2.24) is 0 Å². The molecule has 4 atom stereocenters. The maximum Gasteiger partial charge on any atom is 0.252 e. The Morgan fingerprint density at radius 1 is 1.34 bits per heavy atom. The van der Waals surface area contributed by atoms with Gasteiger partial charge < -0.3 is 32.8 Å². The number of fused-ring (bicyclic) bond motifs is 1. The fourth-order valence-corrected chi connectivity index (χ4v) is 6.85. The standard InChI is InChI=1S/C23H30N2O3.ClH/c1-14-7-8-23(28)18-11-16-5-6-17(21(24)27)20(26)19(16)22(23,12-14)9-10-25(18,2)13-15-3-4-15;/h5-6,15,18,28H,1,3-4,7-13H2,2H3,(H2-,24,26,27);1H/t18?,22?,23-,25+;/m1./s1. The van der Waals surface area contributed by atoms with Crippen LogP contribution in [0.2, 0.25) is 0 Å². The van der Waals surface area contributed by atoms with E-state index in [1.807, 2.05) is 6.07 Å². The molecule has 2 bridgehead atoms. The molecule has 1 aliphatic heterocycles. The third-order valence-corrected chi connectivity index (χ3v) is 8.39. The Morgan fingerprint density at radius 3 is 2.72 bits per heavy atom. The number of allylic oxidation sites excluding steroid dienone is 1. The van der Waals surface area contributed by atoms with Crippen LogP contribution in [-0.4, -0.2) is 52.4 Å². The molecule has 1 heterocycles. The lowest BCUT2D eigenvalue weighted by atomic mass is 9.48. The molecule has 1 aromatic rings. The highest BCUT2D eigenvalue weighted by atomic mass is 35.5. The second-order valence-corrected chi connectivity index (χ2v) is 10.1. The van der Waals surface area contributed by atoms with Crippen molar-refractivity contribution >= 4 is 5.91 Å². The van der Waals surface area contributed by atoms with E-state index < -0.39 is 16.9 Å². The Bertz CT molecular complexity index is 898. The normalized spacial score (nSPS) is 37.9. The second kappa shape index (κ2) is 6.47. The Hall–Kier alpha value is -1.56. The summed E-state index contributed by atoms with van der Waals surface area (Å²) in [5, 5.41) is 23.4. The van der Waals surface area contributed by atoms with Gasteiger partial charge in [0.2, 0.25) is 0 Å². The number of nitrogens with zero attached hydrogens (tertiary/aromatic N) is 1. The number of aliphatic hydroxyl groups is 1. The summed E-state index contributed by atoms with van der Waals surface area (Å²) in [5.74, 6) is 0.142. The summed E-state index contributed by atoms with van der Waals surface area (Å²) in [4.78, 5) is 11.9. The first-order chi connectivity index (χ1) is 13.2. The summed E-state index contributed by atoms with van der Waals surface area (Å²) in [6.07, 6.45) is 6.31. The lowest BCUT2D eigenvalue weighted by Crippen LogP contribution is -3.00. The van der Waals surface area contributed by atoms with Crippen molar-refractivity contribution in [2.75, 3.05) is 20.1 Å². The molecule has 0 aromatic heterocycles. The van der Waals surface area contributed by atoms with E-state index in [9.17, 15) is 15.0 Å². The van der Waals surface area contributed by atoms with Gasteiger partial charge >= 0.3 is 0 Å². The molecule has 1 aromatic carbocycles. The maximum atomic E-state index is 12.3. The van der Waals surface area contributed by atoms with Gasteiger partial charge in [-0.3, -0.25) is 4.79 Å². The first kappa shape index (κ1) is 20.7. The Kier molecular flexibility index (Phi) is 4.62. The number of halogens is 1. The number of likely N-dealkylation sites (tertiary alicyclic amines) is 1. The number of nitrogens with two attached hydrogens (primary N) is 1. The van der Waals surface area contributed by atoms with E-state index in [-0.39, 0.29) is 29.8 Å². The molecule has 5 nitrogen and oxygen atoms in total. The molecule has 5 rings (SSSR count). The first-order valence-electron chi connectivity index (χ1n) is 10.6.